The molecule has 2 aromatic carbocycles. The molecule has 1 aliphatic rings. The molecule has 37 heavy (non-hydrogen) atoms. The van der Waals surface area contributed by atoms with Crippen LogP contribution < -0.4 is 10.1 Å². The van der Waals surface area contributed by atoms with Crippen molar-refractivity contribution in [3.05, 3.63) is 78.1 Å². The third-order valence-corrected chi connectivity index (χ3v) is 5.90. The van der Waals surface area contributed by atoms with Crippen molar-refractivity contribution in [3.63, 3.8) is 0 Å². The Morgan fingerprint density at radius 1 is 0.919 bits per heavy atom. The Bertz CT molecular complexity index is 1190. The van der Waals surface area contributed by atoms with Crippen molar-refractivity contribution < 1.29 is 23.9 Å². The first-order valence-electron chi connectivity index (χ1n) is 12.0. The number of nitrogens with one attached hydrogen (secondary N) is 1. The smallest absolute Gasteiger partial charge is 0.321 e. The van der Waals surface area contributed by atoms with Gasteiger partial charge in [-0.25, -0.2) is 9.97 Å². The van der Waals surface area contributed by atoms with Crippen LogP contribution in [0, 0.1) is 0 Å². The lowest BCUT2D eigenvalue weighted by atomic mass is 10.1. The van der Waals surface area contributed by atoms with Gasteiger partial charge in [-0.2, -0.15) is 0 Å². The predicted molar refractivity (Wildman–Crippen MR) is 136 cm³/mol. The van der Waals surface area contributed by atoms with Crippen LogP contribution in [-0.4, -0.2) is 76.9 Å². The number of para-hydroxylation sites is 1. The minimum absolute atomic E-state index is 0.157. The van der Waals surface area contributed by atoms with Gasteiger partial charge in [0.05, 0.1) is 5.56 Å². The van der Waals surface area contributed by atoms with E-state index >= 15 is 0 Å². The molecule has 1 aliphatic heterocycles. The highest BCUT2D eigenvalue weighted by Gasteiger charge is 2.21. The van der Waals surface area contributed by atoms with Gasteiger partial charge >= 0.3 is 12.0 Å². The fraction of sp³-hybridized carbons (Fsp3) is 0.296. The molecule has 2 heterocycles. The van der Waals surface area contributed by atoms with Crippen molar-refractivity contribution in [2.45, 2.75) is 13.3 Å². The van der Waals surface area contributed by atoms with Crippen LogP contribution in [0.3, 0.4) is 0 Å². The highest BCUT2D eigenvalue weighted by Crippen LogP contribution is 2.17. The molecule has 0 radical (unpaired) electrons. The summed E-state index contributed by atoms with van der Waals surface area (Å²) in [7, 11) is 0. The van der Waals surface area contributed by atoms with Crippen molar-refractivity contribution in [3.8, 4) is 11.8 Å². The number of piperazine rings is 1. The average Bonchev–Trinajstić information content (AvgIpc) is 2.92. The summed E-state index contributed by atoms with van der Waals surface area (Å²) in [6, 6.07) is 17.1. The lowest BCUT2D eigenvalue weighted by molar-refractivity contribution is -0.151. The van der Waals surface area contributed by atoms with Crippen molar-refractivity contribution >= 4 is 23.5 Å². The molecule has 10 heteroatoms. The van der Waals surface area contributed by atoms with Gasteiger partial charge < -0.3 is 19.7 Å². The molecule has 1 saturated heterocycles. The quantitative estimate of drug-likeness (QED) is 0.444. The Kier molecular flexibility index (Phi) is 8.77. The fourth-order valence-electron chi connectivity index (χ4n) is 3.80. The summed E-state index contributed by atoms with van der Waals surface area (Å²) < 4.78 is 10.3. The van der Waals surface area contributed by atoms with Crippen LogP contribution >= 0.6 is 0 Å². The molecular formula is C27H29N5O5. The van der Waals surface area contributed by atoms with E-state index in [0.29, 0.717) is 30.1 Å². The Balaban J connectivity index is 1.19. The maximum atomic E-state index is 12.6. The molecule has 0 aliphatic carbocycles. The lowest BCUT2D eigenvalue weighted by Crippen LogP contribution is -2.50. The summed E-state index contributed by atoms with van der Waals surface area (Å²) in [4.78, 5) is 47.7. The number of hydrogen-bond donors (Lipinski definition) is 1. The Labute approximate surface area is 215 Å². The van der Waals surface area contributed by atoms with E-state index in [-0.39, 0.29) is 24.4 Å². The standard InChI is InChI=1S/C27H29N5O5/c1-20(33)36-19-25(34)32-15-13-31(14-16-32)12-11-21-7-9-23(10-8-21)30-26(35)22-17-28-27(29-18-22)37-24-5-3-2-4-6-24/h2-10,17-18H,11-16,19H2,1H3,(H,30,35). The fourth-order valence-corrected chi connectivity index (χ4v) is 3.80. The number of carbonyl (C=O) groups is 3. The number of aromatic nitrogens is 2. The lowest BCUT2D eigenvalue weighted by Gasteiger charge is -2.34. The molecule has 0 saturated carbocycles. The normalized spacial score (nSPS) is 13.6. The first-order chi connectivity index (χ1) is 18.0. The zero-order valence-electron chi connectivity index (χ0n) is 20.6. The SMILES string of the molecule is CC(=O)OCC(=O)N1CCN(CCc2ccc(NC(=O)c3cnc(Oc4ccccc4)nc3)cc2)CC1. The Morgan fingerprint density at radius 2 is 1.59 bits per heavy atom. The topological polar surface area (TPSA) is 114 Å². The van der Waals surface area contributed by atoms with Crippen molar-refractivity contribution in [2.75, 3.05) is 44.6 Å². The molecule has 3 aromatic rings. The molecule has 1 fully saturated rings. The molecule has 10 nitrogen and oxygen atoms in total. The van der Waals surface area contributed by atoms with Crippen LogP contribution in [0.4, 0.5) is 5.69 Å². The van der Waals surface area contributed by atoms with Gasteiger partial charge in [-0.1, -0.05) is 30.3 Å². The number of amides is 2. The van der Waals surface area contributed by atoms with E-state index in [0.717, 1.165) is 31.6 Å². The minimum atomic E-state index is -0.449. The average molecular weight is 504 g/mol. The first kappa shape index (κ1) is 25.8. The zero-order valence-corrected chi connectivity index (χ0v) is 20.6. The molecule has 1 N–H and O–H groups in total. The highest BCUT2D eigenvalue weighted by atomic mass is 16.5. The Hall–Kier alpha value is -4.31. The summed E-state index contributed by atoms with van der Waals surface area (Å²) in [5.74, 6) is -0.293. The van der Waals surface area contributed by atoms with E-state index in [2.05, 4.69) is 20.2 Å². The van der Waals surface area contributed by atoms with Crippen LogP contribution in [-0.2, 0) is 20.7 Å². The zero-order chi connectivity index (χ0) is 26.0. The first-order valence-corrected chi connectivity index (χ1v) is 12.0. The number of ether oxygens (including phenoxy) is 2. The van der Waals surface area contributed by atoms with E-state index in [1.54, 1.807) is 17.0 Å². The Morgan fingerprint density at radius 3 is 2.24 bits per heavy atom. The van der Waals surface area contributed by atoms with Crippen LogP contribution in [0.5, 0.6) is 11.8 Å². The van der Waals surface area contributed by atoms with E-state index in [1.165, 1.54) is 19.3 Å². The molecule has 0 unspecified atom stereocenters. The number of esters is 1. The number of anilines is 1. The van der Waals surface area contributed by atoms with Gasteiger partial charge in [-0.05, 0) is 36.2 Å². The van der Waals surface area contributed by atoms with Gasteiger partial charge in [0.25, 0.3) is 11.8 Å². The van der Waals surface area contributed by atoms with Crippen LogP contribution in [0.1, 0.15) is 22.8 Å². The molecular weight excluding hydrogens is 474 g/mol. The van der Waals surface area contributed by atoms with E-state index in [9.17, 15) is 14.4 Å². The number of rotatable bonds is 9. The van der Waals surface area contributed by atoms with Crippen LogP contribution in [0.15, 0.2) is 67.0 Å². The molecule has 0 bridgehead atoms. The summed E-state index contributed by atoms with van der Waals surface area (Å²) >= 11 is 0. The molecule has 0 spiro atoms. The van der Waals surface area contributed by atoms with Gasteiger partial charge in [-0.3, -0.25) is 19.3 Å². The molecule has 192 valence electrons. The highest BCUT2D eigenvalue weighted by molar-refractivity contribution is 6.03. The van der Waals surface area contributed by atoms with Crippen molar-refractivity contribution in [1.29, 1.82) is 0 Å². The number of hydrogen-bond acceptors (Lipinski definition) is 8. The predicted octanol–water partition coefficient (Wildman–Crippen LogP) is 2.77. The van der Waals surface area contributed by atoms with Crippen LogP contribution in [0.2, 0.25) is 0 Å². The minimum Gasteiger partial charge on any atom is -0.456 e. The van der Waals surface area contributed by atoms with Gasteiger partial charge in [-0.15, -0.1) is 0 Å². The second kappa shape index (κ2) is 12.6. The summed E-state index contributed by atoms with van der Waals surface area (Å²) in [6.07, 6.45) is 3.71. The van der Waals surface area contributed by atoms with Gasteiger partial charge in [0.15, 0.2) is 6.61 Å². The second-order valence-corrected chi connectivity index (χ2v) is 8.57. The van der Waals surface area contributed by atoms with Crippen LogP contribution in [0.25, 0.3) is 0 Å². The van der Waals surface area contributed by atoms with Gasteiger partial charge in [0, 0.05) is 57.7 Å². The number of benzene rings is 2. The van der Waals surface area contributed by atoms with E-state index in [4.69, 9.17) is 9.47 Å². The maximum absolute atomic E-state index is 12.6. The third kappa shape index (κ3) is 7.84. The maximum Gasteiger partial charge on any atom is 0.321 e. The molecule has 1 aromatic heterocycles. The second-order valence-electron chi connectivity index (χ2n) is 8.57. The van der Waals surface area contributed by atoms with E-state index in [1.807, 2.05) is 42.5 Å². The molecule has 0 atom stereocenters. The van der Waals surface area contributed by atoms with Gasteiger partial charge in [0.1, 0.15) is 5.75 Å². The van der Waals surface area contributed by atoms with E-state index < -0.39 is 5.97 Å². The monoisotopic (exact) mass is 503 g/mol. The van der Waals surface area contributed by atoms with Crippen molar-refractivity contribution in [2.24, 2.45) is 0 Å². The third-order valence-electron chi connectivity index (χ3n) is 5.90. The summed E-state index contributed by atoms with van der Waals surface area (Å²) in [5.41, 5.74) is 2.16. The number of carbonyl (C=O) groups excluding carboxylic acids is 3. The summed E-state index contributed by atoms with van der Waals surface area (Å²) in [6.45, 7) is 4.75. The molecule has 4 rings (SSSR count). The van der Waals surface area contributed by atoms with Gasteiger partial charge in [0.2, 0.25) is 0 Å². The van der Waals surface area contributed by atoms with Crippen molar-refractivity contribution in [1.82, 2.24) is 19.8 Å². The largest absolute Gasteiger partial charge is 0.456 e. The summed E-state index contributed by atoms with van der Waals surface area (Å²) in [5, 5.41) is 2.85. The molecule has 2 amide bonds. The number of nitrogens with zero attached hydrogens (tertiary/aromatic N) is 4.